The molecule has 0 spiro atoms. The number of nitro benzene ring substituents is 1. The predicted molar refractivity (Wildman–Crippen MR) is 63.8 cm³/mol. The topological polar surface area (TPSA) is 46.4 Å². The van der Waals surface area contributed by atoms with Gasteiger partial charge >= 0.3 is 6.18 Å². The smallest absolute Gasteiger partial charge is 0.365 e. The summed E-state index contributed by atoms with van der Waals surface area (Å²) in [6, 6.07) is 1.26. The Morgan fingerprint density at radius 3 is 2.50 bits per heavy atom. The minimum absolute atomic E-state index is 0.132. The van der Waals surface area contributed by atoms with Crippen LogP contribution in [0.3, 0.4) is 0 Å². The summed E-state index contributed by atoms with van der Waals surface area (Å²) in [6.07, 6.45) is -1.97. The predicted octanol–water partition coefficient (Wildman–Crippen LogP) is 3.56. The zero-order valence-electron chi connectivity index (χ0n) is 10.3. The fourth-order valence-corrected chi connectivity index (χ4v) is 2.26. The molecule has 1 aliphatic heterocycles. The number of nitro groups is 1. The van der Waals surface area contributed by atoms with Gasteiger partial charge in [-0.05, 0) is 25.3 Å². The summed E-state index contributed by atoms with van der Waals surface area (Å²) in [7, 11) is 0. The molecule has 0 aliphatic carbocycles. The number of alkyl halides is 3. The molecular weight excluding hydrogens is 280 g/mol. The van der Waals surface area contributed by atoms with Crippen molar-refractivity contribution in [2.24, 2.45) is 0 Å². The average molecular weight is 291 g/mol. The Bertz CT molecular complexity index is 525. The summed E-state index contributed by atoms with van der Waals surface area (Å²) in [5.41, 5.74) is -2.98. The van der Waals surface area contributed by atoms with E-state index >= 15 is 0 Å². The highest BCUT2D eigenvalue weighted by Gasteiger charge is 2.42. The van der Waals surface area contributed by atoms with Gasteiger partial charge in [0.1, 0.15) is 17.1 Å². The fraction of sp³-hybridized carbons (Fsp3) is 0.417. The van der Waals surface area contributed by atoms with Crippen LogP contribution in [0.2, 0.25) is 0 Å². The van der Waals surface area contributed by atoms with Crippen LogP contribution in [0.15, 0.2) is 12.1 Å². The van der Waals surface area contributed by atoms with Gasteiger partial charge in [-0.25, -0.2) is 4.39 Å². The van der Waals surface area contributed by atoms with Gasteiger partial charge in [-0.3, -0.25) is 10.1 Å². The van der Waals surface area contributed by atoms with Gasteiger partial charge in [-0.2, -0.15) is 13.2 Å². The summed E-state index contributed by atoms with van der Waals surface area (Å²) in [6.45, 7) is 0.358. The molecule has 1 saturated heterocycles. The Balaban J connectivity index is 2.65. The number of rotatable bonds is 2. The maximum atomic E-state index is 13.6. The van der Waals surface area contributed by atoms with Crippen LogP contribution < -0.4 is 4.90 Å². The van der Waals surface area contributed by atoms with Gasteiger partial charge in [0.15, 0.2) is 0 Å². The van der Waals surface area contributed by atoms with Crippen LogP contribution >= 0.6 is 0 Å². The van der Waals surface area contributed by atoms with Crippen LogP contribution in [0, 0.1) is 22.4 Å². The van der Waals surface area contributed by atoms with Crippen molar-refractivity contribution in [3.8, 4) is 0 Å². The molecule has 1 radical (unpaired) electrons. The number of nitrogens with zero attached hydrogens (tertiary/aromatic N) is 2. The van der Waals surface area contributed by atoms with E-state index in [9.17, 15) is 27.7 Å². The number of halogens is 4. The second-order valence-corrected chi connectivity index (χ2v) is 4.42. The van der Waals surface area contributed by atoms with Crippen molar-refractivity contribution < 1.29 is 22.5 Å². The Hall–Kier alpha value is -1.86. The molecule has 0 unspecified atom stereocenters. The highest BCUT2D eigenvalue weighted by molar-refractivity contribution is 5.69. The van der Waals surface area contributed by atoms with Crippen molar-refractivity contribution in [2.75, 3.05) is 18.0 Å². The monoisotopic (exact) mass is 291 g/mol. The Morgan fingerprint density at radius 2 is 2.00 bits per heavy atom. The molecule has 1 fully saturated rings. The lowest BCUT2D eigenvalue weighted by atomic mass is 10.0. The van der Waals surface area contributed by atoms with Crippen LogP contribution in [-0.2, 0) is 6.18 Å². The van der Waals surface area contributed by atoms with Gasteiger partial charge in [0, 0.05) is 19.2 Å². The van der Waals surface area contributed by atoms with Crippen molar-refractivity contribution in [1.29, 1.82) is 0 Å². The van der Waals surface area contributed by atoms with Gasteiger partial charge in [0.2, 0.25) is 0 Å². The third kappa shape index (κ3) is 2.68. The van der Waals surface area contributed by atoms with Crippen molar-refractivity contribution in [1.82, 2.24) is 0 Å². The SMILES string of the molecule is O=[N+]([O-])c1ccc(F)c(C(F)(F)F)c1N1C[CH]CCC1. The second-order valence-electron chi connectivity index (χ2n) is 4.42. The quantitative estimate of drug-likeness (QED) is 0.475. The van der Waals surface area contributed by atoms with Gasteiger partial charge in [-0.1, -0.05) is 0 Å². The highest BCUT2D eigenvalue weighted by Crippen LogP contribution is 2.44. The van der Waals surface area contributed by atoms with E-state index < -0.39 is 33.9 Å². The van der Waals surface area contributed by atoms with E-state index in [-0.39, 0.29) is 13.1 Å². The minimum atomic E-state index is -4.98. The van der Waals surface area contributed by atoms with E-state index in [4.69, 9.17) is 0 Å². The summed E-state index contributed by atoms with van der Waals surface area (Å²) < 4.78 is 52.6. The zero-order chi connectivity index (χ0) is 14.9. The molecular formula is C12H11F4N2O2. The van der Waals surface area contributed by atoms with E-state index in [2.05, 4.69) is 0 Å². The minimum Gasteiger partial charge on any atom is -0.365 e. The van der Waals surface area contributed by atoms with Gasteiger partial charge in [-0.15, -0.1) is 0 Å². The molecule has 0 aromatic heterocycles. The van der Waals surface area contributed by atoms with Crippen LogP contribution in [0.1, 0.15) is 18.4 Å². The largest absolute Gasteiger partial charge is 0.421 e. The molecule has 0 N–H and O–H groups in total. The molecule has 4 nitrogen and oxygen atoms in total. The number of hydrogen-bond donors (Lipinski definition) is 0. The average Bonchev–Trinajstić information content (AvgIpc) is 2.37. The molecule has 1 aromatic rings. The number of anilines is 1. The van der Waals surface area contributed by atoms with Crippen LogP contribution in [-0.4, -0.2) is 18.0 Å². The second kappa shape index (κ2) is 5.26. The number of hydrogen-bond acceptors (Lipinski definition) is 3. The number of benzene rings is 1. The Kier molecular flexibility index (Phi) is 3.82. The lowest BCUT2D eigenvalue weighted by Gasteiger charge is -2.30. The first-order valence-corrected chi connectivity index (χ1v) is 5.93. The van der Waals surface area contributed by atoms with E-state index in [1.165, 1.54) is 4.90 Å². The van der Waals surface area contributed by atoms with Gasteiger partial charge in [0.25, 0.3) is 5.69 Å². The van der Waals surface area contributed by atoms with Gasteiger partial charge in [0.05, 0.1) is 4.92 Å². The molecule has 1 aliphatic rings. The molecule has 2 rings (SSSR count). The van der Waals surface area contributed by atoms with Crippen LogP contribution in [0.4, 0.5) is 28.9 Å². The third-order valence-corrected chi connectivity index (χ3v) is 3.09. The Labute approximate surface area is 112 Å². The fourth-order valence-electron chi connectivity index (χ4n) is 2.26. The molecule has 109 valence electrons. The van der Waals surface area contributed by atoms with Crippen molar-refractivity contribution in [3.63, 3.8) is 0 Å². The molecule has 8 heteroatoms. The molecule has 0 saturated carbocycles. The van der Waals surface area contributed by atoms with Crippen LogP contribution in [0.25, 0.3) is 0 Å². The first-order chi connectivity index (χ1) is 9.32. The summed E-state index contributed by atoms with van der Waals surface area (Å²) >= 11 is 0. The highest BCUT2D eigenvalue weighted by atomic mass is 19.4. The third-order valence-electron chi connectivity index (χ3n) is 3.09. The van der Waals surface area contributed by atoms with Crippen LogP contribution in [0.5, 0.6) is 0 Å². The lowest BCUT2D eigenvalue weighted by molar-refractivity contribution is -0.384. The first kappa shape index (κ1) is 14.5. The standard InChI is InChI=1S/C12H11F4N2O2/c13-8-4-5-9(18(19)20)11(10(8)12(14,15)16)17-6-2-1-3-7-17/h2,4-5H,1,3,6-7H2. The van der Waals surface area contributed by atoms with E-state index in [0.29, 0.717) is 12.5 Å². The summed E-state index contributed by atoms with van der Waals surface area (Å²) in [5, 5.41) is 10.9. The maximum absolute atomic E-state index is 13.6. The van der Waals surface area contributed by atoms with Crippen molar-refractivity contribution >= 4 is 11.4 Å². The van der Waals surface area contributed by atoms with E-state index in [0.717, 1.165) is 12.5 Å². The maximum Gasteiger partial charge on any atom is 0.421 e. The molecule has 1 heterocycles. The molecule has 0 bridgehead atoms. The van der Waals surface area contributed by atoms with Gasteiger partial charge < -0.3 is 4.90 Å². The van der Waals surface area contributed by atoms with Crippen molar-refractivity contribution in [3.05, 3.63) is 40.0 Å². The molecule has 20 heavy (non-hydrogen) atoms. The first-order valence-electron chi connectivity index (χ1n) is 5.93. The van der Waals surface area contributed by atoms with Crippen molar-refractivity contribution in [2.45, 2.75) is 19.0 Å². The summed E-state index contributed by atoms with van der Waals surface area (Å²) in [5.74, 6) is -1.50. The zero-order valence-corrected chi connectivity index (χ0v) is 10.3. The molecule has 1 aromatic carbocycles. The number of piperidine rings is 1. The lowest BCUT2D eigenvalue weighted by Crippen LogP contribution is -2.32. The Morgan fingerprint density at radius 1 is 1.30 bits per heavy atom. The summed E-state index contributed by atoms with van der Waals surface area (Å²) in [4.78, 5) is 11.2. The molecule has 0 amide bonds. The molecule has 0 atom stereocenters. The van der Waals surface area contributed by atoms with E-state index in [1.54, 1.807) is 6.42 Å². The normalized spacial score (nSPS) is 16.3. The van der Waals surface area contributed by atoms with E-state index in [1.807, 2.05) is 0 Å².